The Morgan fingerprint density at radius 3 is 0.973 bits per heavy atom. The molecule has 0 aliphatic heterocycles. The van der Waals surface area contributed by atoms with Gasteiger partial charge in [0, 0.05) is 58.9 Å². The normalized spacial score (nSPS) is 12.2. The lowest BCUT2D eigenvalue weighted by molar-refractivity contribution is -0.0222. The number of anilines is 9. The van der Waals surface area contributed by atoms with Crippen molar-refractivity contribution in [3.05, 3.63) is 91.0 Å². The SMILES string of the molecule is CCCCCCCCCCCCCCCCCCN(CCCCCCCCCCCCCCCCCC)c1c(N(CCCCCC)CCCCCC)c(NCCCCCCCC)c(N(CC)CC)c(N(Nc2ccccc2)N(C(=O)N(c2ccccc2)c2ccccc2)C(N)(NC)N(C)C)c1N(CC(C)C)CC(C)C. The number of urea groups is 1. The van der Waals surface area contributed by atoms with E-state index in [9.17, 15) is 0 Å². The number of rotatable bonds is 71. The molecule has 4 rings (SSSR count). The van der Waals surface area contributed by atoms with Gasteiger partial charge in [0.15, 0.2) is 0 Å². The number of hydrogen-bond acceptors (Lipinski definition) is 11. The van der Waals surface area contributed by atoms with Gasteiger partial charge in [-0.25, -0.2) is 4.79 Å². The van der Waals surface area contributed by atoms with Gasteiger partial charge in [0.2, 0.25) is 5.91 Å². The van der Waals surface area contributed by atoms with Crippen LogP contribution in [-0.4, -0.2) is 102 Å². The Morgan fingerprint density at radius 2 is 0.655 bits per heavy atom. The Hall–Kier alpha value is -5.37. The quantitative estimate of drug-likeness (QED) is 0.0193. The Morgan fingerprint density at radius 1 is 0.364 bits per heavy atom. The Balaban J connectivity index is 2.27. The number of hydrazine groups is 2. The highest BCUT2D eigenvalue weighted by Gasteiger charge is 2.48. The molecule has 0 radical (unpaired) electrons. The molecular weight excluding hydrogens is 1350 g/mol. The summed E-state index contributed by atoms with van der Waals surface area (Å²) >= 11 is 0. The van der Waals surface area contributed by atoms with Crippen LogP contribution >= 0.6 is 0 Å². The molecule has 2 amide bonds. The molecule has 0 heterocycles. The predicted octanol–water partition coefficient (Wildman–Crippen LogP) is 28.1. The summed E-state index contributed by atoms with van der Waals surface area (Å²) in [6.45, 7) is 33.8. The third kappa shape index (κ3) is 36.4. The fourth-order valence-corrected chi connectivity index (χ4v) is 16.3. The van der Waals surface area contributed by atoms with Crippen molar-refractivity contribution in [3.8, 4) is 0 Å². The first-order valence-electron chi connectivity index (χ1n) is 46.7. The molecule has 0 fully saturated rings. The smallest absolute Gasteiger partial charge is 0.353 e. The lowest BCUT2D eigenvalue weighted by Gasteiger charge is -2.52. The van der Waals surface area contributed by atoms with Crippen molar-refractivity contribution < 1.29 is 4.79 Å². The van der Waals surface area contributed by atoms with Crippen LogP contribution in [0.25, 0.3) is 0 Å². The number of nitrogens with zero attached hydrogens (tertiary/aromatic N) is 8. The van der Waals surface area contributed by atoms with Crippen molar-refractivity contribution in [3.63, 3.8) is 0 Å². The van der Waals surface area contributed by atoms with Gasteiger partial charge in [-0.2, -0.15) is 10.1 Å². The van der Waals surface area contributed by atoms with E-state index in [0.29, 0.717) is 11.8 Å². The molecule has 0 spiro atoms. The highest BCUT2D eigenvalue weighted by Crippen LogP contribution is 2.58. The van der Waals surface area contributed by atoms with E-state index in [4.69, 9.17) is 5.73 Å². The van der Waals surface area contributed by atoms with Gasteiger partial charge in [0.25, 0.3) is 0 Å². The summed E-state index contributed by atoms with van der Waals surface area (Å²) in [4.78, 5) is 32.8. The maximum absolute atomic E-state index is 17.7. The number of nitrogens with two attached hydrogens (primary N) is 1. The molecule has 0 saturated carbocycles. The molecule has 13 heteroatoms. The second-order valence-corrected chi connectivity index (χ2v) is 33.6. The zero-order chi connectivity index (χ0) is 79.7. The van der Waals surface area contributed by atoms with Crippen LogP contribution in [0.2, 0.25) is 0 Å². The third-order valence-corrected chi connectivity index (χ3v) is 22.7. The maximum atomic E-state index is 17.7. The zero-order valence-corrected chi connectivity index (χ0v) is 74.3. The van der Waals surface area contributed by atoms with Crippen molar-refractivity contribution in [2.45, 2.75) is 377 Å². The number of hydrogen-bond donors (Lipinski definition) is 4. The largest absolute Gasteiger partial charge is 0.382 e. The monoisotopic (exact) mass is 1520 g/mol. The van der Waals surface area contributed by atoms with Gasteiger partial charge < -0.3 is 24.9 Å². The van der Waals surface area contributed by atoms with E-state index >= 15 is 4.79 Å². The minimum Gasteiger partial charge on any atom is -0.382 e. The van der Waals surface area contributed by atoms with Crippen LogP contribution < -0.4 is 51.4 Å². The van der Waals surface area contributed by atoms with Crippen molar-refractivity contribution in [2.75, 3.05) is 120 Å². The lowest BCUT2D eigenvalue weighted by atomic mass is 9.99. The molecule has 0 bridgehead atoms. The van der Waals surface area contributed by atoms with E-state index in [1.807, 2.05) is 96.6 Å². The van der Waals surface area contributed by atoms with E-state index in [0.717, 1.165) is 119 Å². The summed E-state index contributed by atoms with van der Waals surface area (Å²) in [5.41, 5.74) is 21.7. The van der Waals surface area contributed by atoms with Crippen LogP contribution in [-0.2, 0) is 0 Å². The molecule has 5 N–H and O–H groups in total. The van der Waals surface area contributed by atoms with Gasteiger partial charge >= 0.3 is 6.03 Å². The summed E-state index contributed by atoms with van der Waals surface area (Å²) in [5, 5.41) is 12.1. The number of nitrogens with one attached hydrogen (secondary N) is 3. The molecule has 4 aromatic rings. The van der Waals surface area contributed by atoms with Crippen molar-refractivity contribution in [1.29, 1.82) is 0 Å². The lowest BCUT2D eigenvalue weighted by Crippen LogP contribution is -2.79. The minimum absolute atomic E-state index is 0.293. The molecule has 13 nitrogen and oxygen atoms in total. The zero-order valence-electron chi connectivity index (χ0n) is 74.3. The minimum atomic E-state index is -1.66. The van der Waals surface area contributed by atoms with E-state index in [1.165, 1.54) is 286 Å². The Labute approximate surface area is 679 Å². The first kappa shape index (κ1) is 97.0. The van der Waals surface area contributed by atoms with Gasteiger partial charge in [-0.3, -0.25) is 26.3 Å². The Kier molecular flexibility index (Phi) is 53.9. The second-order valence-electron chi connectivity index (χ2n) is 33.6. The van der Waals surface area contributed by atoms with E-state index in [1.54, 1.807) is 0 Å². The van der Waals surface area contributed by atoms with Crippen molar-refractivity contribution in [1.82, 2.24) is 15.2 Å². The van der Waals surface area contributed by atoms with E-state index in [2.05, 4.69) is 147 Å². The van der Waals surface area contributed by atoms with Gasteiger partial charge in [-0.1, -0.05) is 380 Å². The van der Waals surface area contributed by atoms with Gasteiger partial charge in [-0.05, 0) is 115 Å². The number of carbonyl (C=O) groups excluding carboxylic acids is 1. The molecule has 1 atom stereocenters. The molecule has 0 aromatic heterocycles. The average molecular weight is 1520 g/mol. The molecule has 110 heavy (non-hydrogen) atoms. The van der Waals surface area contributed by atoms with Crippen LogP contribution in [0.3, 0.4) is 0 Å². The molecule has 4 aromatic carbocycles. The fraction of sp³-hybridized carbons (Fsp3) is 0.742. The molecule has 0 aliphatic carbocycles. The van der Waals surface area contributed by atoms with Crippen LogP contribution in [0, 0.1) is 11.8 Å². The first-order chi connectivity index (χ1) is 53.7. The van der Waals surface area contributed by atoms with E-state index < -0.39 is 5.91 Å². The van der Waals surface area contributed by atoms with Crippen LogP contribution in [0.5, 0.6) is 0 Å². The highest BCUT2D eigenvalue weighted by atomic mass is 16.2. The van der Waals surface area contributed by atoms with Crippen LogP contribution in [0.1, 0.15) is 372 Å². The number of amides is 2. The first-order valence-corrected chi connectivity index (χ1v) is 46.7. The Bertz CT molecular complexity index is 2720. The summed E-state index contributed by atoms with van der Waals surface area (Å²) in [6, 6.07) is 30.7. The predicted molar refractivity (Wildman–Crippen MR) is 490 cm³/mol. The summed E-state index contributed by atoms with van der Waals surface area (Å²) in [6.07, 6.45) is 59.6. The molecule has 1 unspecified atom stereocenters. The summed E-state index contributed by atoms with van der Waals surface area (Å²) < 4.78 is 0. The maximum Gasteiger partial charge on any atom is 0.353 e. The van der Waals surface area contributed by atoms with Gasteiger partial charge in [0.05, 0.1) is 45.5 Å². The summed E-state index contributed by atoms with van der Waals surface area (Å²) in [5.74, 6) is -1.07. The number of carbonyl (C=O) groups is 1. The van der Waals surface area contributed by atoms with Crippen molar-refractivity contribution in [2.24, 2.45) is 17.6 Å². The standard InChI is InChI=1S/C97H174N12O/c1-15-22-27-32-35-37-39-41-43-45-47-49-51-53-56-70-81-105(82-71-57-54-52-50-48-46-44-42-40-38-36-33-28-23-16-2)93-91(104(79-68-30-25-18-4)80-69-31-26-19-5)90(100-78-67-55-34-29-24-17-3)92(103(20-6)21-7)95(94(93)106(83-85(8)9)84-86(10)11)109(101-87-72-61-58-62-73-87)108(97(98,99-12)102(13)14)96(110)107(88-74-63-59-64-75-88)89-76-65-60-66-77-89/h58-66,72-77,85-86,99-101H,15-57,67-71,78-84,98H2,1-14H3. The van der Waals surface area contributed by atoms with Crippen molar-refractivity contribution >= 4 is 57.2 Å². The average Bonchev–Trinajstić information content (AvgIpc) is 0.716. The van der Waals surface area contributed by atoms with Crippen LogP contribution in [0.4, 0.5) is 56.0 Å². The fourth-order valence-electron chi connectivity index (χ4n) is 16.3. The van der Waals surface area contributed by atoms with Crippen LogP contribution in [0.15, 0.2) is 91.0 Å². The third-order valence-electron chi connectivity index (χ3n) is 22.7. The topological polar surface area (TPSA) is 105 Å². The number of para-hydroxylation sites is 3. The van der Waals surface area contributed by atoms with E-state index in [-0.39, 0.29) is 6.03 Å². The highest BCUT2D eigenvalue weighted by molar-refractivity contribution is 6.11. The number of unbranched alkanes of at least 4 members (excludes halogenated alkanes) is 41. The second kappa shape index (κ2) is 61.1. The molecular formula is C97H174N12O. The van der Waals surface area contributed by atoms with Gasteiger partial charge in [0.1, 0.15) is 5.69 Å². The molecule has 0 aliphatic rings. The molecule has 628 valence electrons. The molecule has 0 saturated heterocycles. The number of benzene rings is 4. The van der Waals surface area contributed by atoms with Gasteiger partial charge in [-0.15, -0.1) is 0 Å². The summed E-state index contributed by atoms with van der Waals surface area (Å²) in [7, 11) is 5.90.